The minimum Gasteiger partial charge on any atom is -0.256 e. The Morgan fingerprint density at radius 2 is 2.07 bits per heavy atom. The van der Waals surface area contributed by atoms with Crippen LogP contribution in [0.1, 0.15) is 0 Å². The molecule has 0 unspecified atom stereocenters. The van der Waals surface area contributed by atoms with E-state index >= 15 is 0 Å². The molecule has 72 valence electrons. The lowest BCUT2D eigenvalue weighted by atomic mass is 10.3. The molecule has 1 aromatic carbocycles. The summed E-state index contributed by atoms with van der Waals surface area (Å²) in [5.41, 5.74) is -0.548. The van der Waals surface area contributed by atoms with Crippen molar-refractivity contribution in [2.75, 3.05) is 0 Å². The third-order valence-electron chi connectivity index (χ3n) is 1.70. The molecule has 14 heavy (non-hydrogen) atoms. The van der Waals surface area contributed by atoms with Gasteiger partial charge in [0, 0.05) is 5.02 Å². The van der Waals surface area contributed by atoms with Gasteiger partial charge in [0.15, 0.2) is 0 Å². The van der Waals surface area contributed by atoms with Gasteiger partial charge in [0.2, 0.25) is 0 Å². The summed E-state index contributed by atoms with van der Waals surface area (Å²) in [6, 6.07) is 6.61. The number of H-pyrrole nitrogens is 2. The van der Waals surface area contributed by atoms with Gasteiger partial charge in [0.05, 0.1) is 5.69 Å². The molecule has 0 radical (unpaired) electrons. The Kier molecular flexibility index (Phi) is 2.01. The average molecular weight is 212 g/mol. The summed E-state index contributed by atoms with van der Waals surface area (Å²) in [6.45, 7) is 0. The molecule has 2 aromatic rings. The topological polar surface area (TPSA) is 70.7 Å². The first kappa shape index (κ1) is 8.83. The Labute approximate surface area is 82.9 Å². The Hall–Kier alpha value is -1.75. The van der Waals surface area contributed by atoms with E-state index in [1.54, 1.807) is 24.3 Å². The van der Waals surface area contributed by atoms with Crippen LogP contribution in [0.25, 0.3) is 5.69 Å². The lowest BCUT2D eigenvalue weighted by Crippen LogP contribution is -2.15. The van der Waals surface area contributed by atoms with E-state index in [9.17, 15) is 9.59 Å². The molecule has 0 aliphatic heterocycles. The number of hydrogen-bond donors (Lipinski definition) is 2. The van der Waals surface area contributed by atoms with Crippen molar-refractivity contribution in [2.24, 2.45) is 0 Å². The molecule has 0 aliphatic rings. The zero-order chi connectivity index (χ0) is 10.1. The molecule has 0 fully saturated rings. The lowest BCUT2D eigenvalue weighted by Gasteiger charge is -1.99. The normalized spacial score (nSPS) is 10.4. The number of nitrogens with zero attached hydrogens (tertiary/aromatic N) is 1. The number of benzene rings is 1. The van der Waals surface area contributed by atoms with Gasteiger partial charge in [-0.15, -0.1) is 0 Å². The molecular formula is C8H6ClN3O2. The first-order valence-corrected chi connectivity index (χ1v) is 4.22. The molecule has 0 saturated heterocycles. The largest absolute Gasteiger partial charge is 0.349 e. The maximum Gasteiger partial charge on any atom is 0.349 e. The minimum absolute atomic E-state index is 0.497. The molecule has 5 nitrogen and oxygen atoms in total. The lowest BCUT2D eigenvalue weighted by molar-refractivity contribution is 0.834. The van der Waals surface area contributed by atoms with Gasteiger partial charge in [-0.3, -0.25) is 4.98 Å². The fourth-order valence-corrected chi connectivity index (χ4v) is 1.31. The van der Waals surface area contributed by atoms with Gasteiger partial charge in [0.25, 0.3) is 0 Å². The van der Waals surface area contributed by atoms with Crippen molar-refractivity contribution in [1.29, 1.82) is 0 Å². The monoisotopic (exact) mass is 211 g/mol. The summed E-state index contributed by atoms with van der Waals surface area (Å²) in [5.74, 6) is 0. The number of rotatable bonds is 1. The highest BCUT2D eigenvalue weighted by atomic mass is 35.5. The molecule has 1 aromatic heterocycles. The standard InChI is InChI=1S/C8H6ClN3O2/c9-5-2-1-3-6(4-5)12-8(14)10-7(13)11-12/h1-4H,(H2,10,11,13,14). The van der Waals surface area contributed by atoms with Gasteiger partial charge in [-0.2, -0.15) is 0 Å². The summed E-state index contributed by atoms with van der Waals surface area (Å²) in [6.07, 6.45) is 0. The maximum atomic E-state index is 11.2. The van der Waals surface area contributed by atoms with Crippen molar-refractivity contribution in [3.8, 4) is 5.69 Å². The van der Waals surface area contributed by atoms with Crippen LogP contribution in [0.2, 0.25) is 5.02 Å². The van der Waals surface area contributed by atoms with Gasteiger partial charge in [-0.1, -0.05) is 17.7 Å². The fourth-order valence-electron chi connectivity index (χ4n) is 1.13. The van der Waals surface area contributed by atoms with E-state index in [-0.39, 0.29) is 0 Å². The molecule has 0 atom stereocenters. The van der Waals surface area contributed by atoms with Crippen LogP contribution in [-0.4, -0.2) is 14.8 Å². The van der Waals surface area contributed by atoms with Crippen LogP contribution < -0.4 is 11.4 Å². The predicted molar refractivity (Wildman–Crippen MR) is 52.0 cm³/mol. The zero-order valence-electron chi connectivity index (χ0n) is 6.95. The summed E-state index contributed by atoms with van der Waals surface area (Å²) < 4.78 is 1.09. The number of aromatic nitrogens is 3. The van der Waals surface area contributed by atoms with Crippen molar-refractivity contribution in [3.05, 3.63) is 50.3 Å². The average Bonchev–Trinajstić information content (AvgIpc) is 2.45. The third kappa shape index (κ3) is 1.49. The van der Waals surface area contributed by atoms with Gasteiger partial charge in [0.1, 0.15) is 0 Å². The Morgan fingerprint density at radius 3 is 2.64 bits per heavy atom. The van der Waals surface area contributed by atoms with Crippen molar-refractivity contribution in [3.63, 3.8) is 0 Å². The highest BCUT2D eigenvalue weighted by Crippen LogP contribution is 2.11. The van der Waals surface area contributed by atoms with Gasteiger partial charge < -0.3 is 0 Å². The maximum absolute atomic E-state index is 11.2. The van der Waals surface area contributed by atoms with E-state index in [1.165, 1.54) is 0 Å². The Morgan fingerprint density at radius 1 is 1.29 bits per heavy atom. The molecular weight excluding hydrogens is 206 g/mol. The summed E-state index contributed by atoms with van der Waals surface area (Å²) in [4.78, 5) is 24.1. The van der Waals surface area contributed by atoms with E-state index in [4.69, 9.17) is 11.6 Å². The highest BCUT2D eigenvalue weighted by Gasteiger charge is 2.02. The smallest absolute Gasteiger partial charge is 0.256 e. The highest BCUT2D eigenvalue weighted by molar-refractivity contribution is 6.30. The molecule has 0 aliphatic carbocycles. The van der Waals surface area contributed by atoms with Crippen molar-refractivity contribution >= 4 is 11.6 Å². The molecule has 2 N–H and O–H groups in total. The van der Waals surface area contributed by atoms with Crippen molar-refractivity contribution in [1.82, 2.24) is 14.8 Å². The van der Waals surface area contributed by atoms with Crippen LogP contribution in [0.4, 0.5) is 0 Å². The SMILES string of the molecule is O=c1[nH]c(=O)n(-c2cccc(Cl)c2)[nH]1. The van der Waals surface area contributed by atoms with Gasteiger partial charge in [-0.25, -0.2) is 19.4 Å². The van der Waals surface area contributed by atoms with Crippen LogP contribution in [0.5, 0.6) is 0 Å². The quantitative estimate of drug-likeness (QED) is 0.722. The number of halogens is 1. The van der Waals surface area contributed by atoms with Crippen molar-refractivity contribution < 1.29 is 0 Å². The molecule has 2 rings (SSSR count). The molecule has 0 bridgehead atoms. The van der Waals surface area contributed by atoms with E-state index in [2.05, 4.69) is 10.1 Å². The van der Waals surface area contributed by atoms with E-state index in [1.807, 2.05) is 0 Å². The molecule has 6 heteroatoms. The minimum atomic E-state index is -0.546. The summed E-state index contributed by atoms with van der Waals surface area (Å²) >= 11 is 5.74. The third-order valence-corrected chi connectivity index (χ3v) is 1.94. The van der Waals surface area contributed by atoms with Crippen LogP contribution in [0, 0.1) is 0 Å². The van der Waals surface area contributed by atoms with Crippen LogP contribution in [0.3, 0.4) is 0 Å². The molecule has 0 spiro atoms. The number of nitrogens with one attached hydrogen (secondary N) is 2. The second-order valence-electron chi connectivity index (χ2n) is 2.69. The van der Waals surface area contributed by atoms with E-state index in [0.717, 1.165) is 4.68 Å². The second kappa shape index (κ2) is 3.19. The molecule has 1 heterocycles. The fraction of sp³-hybridized carbons (Fsp3) is 0. The predicted octanol–water partition coefficient (Wildman–Crippen LogP) is 0.507. The summed E-state index contributed by atoms with van der Waals surface area (Å²) in [5, 5.41) is 2.82. The zero-order valence-corrected chi connectivity index (χ0v) is 7.71. The van der Waals surface area contributed by atoms with Crippen LogP contribution in [0.15, 0.2) is 33.9 Å². The molecule has 0 amide bonds. The van der Waals surface area contributed by atoms with Crippen LogP contribution in [-0.2, 0) is 0 Å². The number of hydrogen-bond acceptors (Lipinski definition) is 2. The Balaban J connectivity index is 2.66. The Bertz CT molecular complexity index is 566. The van der Waals surface area contributed by atoms with Gasteiger partial charge >= 0.3 is 11.4 Å². The first-order valence-electron chi connectivity index (χ1n) is 3.84. The number of aromatic amines is 2. The van der Waals surface area contributed by atoms with Crippen LogP contribution >= 0.6 is 11.6 Å². The van der Waals surface area contributed by atoms with Crippen molar-refractivity contribution in [2.45, 2.75) is 0 Å². The van der Waals surface area contributed by atoms with Gasteiger partial charge in [-0.05, 0) is 18.2 Å². The van der Waals surface area contributed by atoms with E-state index < -0.39 is 11.4 Å². The first-order chi connectivity index (χ1) is 6.66. The molecule has 0 saturated carbocycles. The second-order valence-corrected chi connectivity index (χ2v) is 3.12. The summed E-state index contributed by atoms with van der Waals surface area (Å²) in [7, 11) is 0. The van der Waals surface area contributed by atoms with E-state index in [0.29, 0.717) is 10.7 Å².